The van der Waals surface area contributed by atoms with E-state index in [1.807, 2.05) is 24.3 Å². The van der Waals surface area contributed by atoms with Crippen molar-refractivity contribution in [1.82, 2.24) is 14.9 Å². The highest BCUT2D eigenvalue weighted by atomic mass is 32.1. The first-order valence-corrected chi connectivity index (χ1v) is 10.1. The summed E-state index contributed by atoms with van der Waals surface area (Å²) >= 11 is 1.16. The highest BCUT2D eigenvalue weighted by Crippen LogP contribution is 2.25. The third-order valence-corrected chi connectivity index (χ3v) is 5.97. The van der Waals surface area contributed by atoms with Crippen molar-refractivity contribution in [1.29, 1.82) is 0 Å². The van der Waals surface area contributed by atoms with E-state index in [9.17, 15) is 14.7 Å². The first-order valence-electron chi connectivity index (χ1n) is 9.18. The summed E-state index contributed by atoms with van der Waals surface area (Å²) in [5, 5.41) is 12.8. The number of thiazole rings is 1. The van der Waals surface area contributed by atoms with Crippen molar-refractivity contribution in [3.63, 3.8) is 0 Å². The van der Waals surface area contributed by atoms with E-state index in [1.165, 1.54) is 7.11 Å². The number of piperidine rings is 1. The van der Waals surface area contributed by atoms with Gasteiger partial charge in [0.05, 0.1) is 11.6 Å². The van der Waals surface area contributed by atoms with Gasteiger partial charge in [0.25, 0.3) is 5.91 Å². The van der Waals surface area contributed by atoms with Crippen LogP contribution >= 0.6 is 11.3 Å². The number of methoxy groups -OCH3 is 1. The average Bonchev–Trinajstić information content (AvgIpc) is 3.39. The quantitative estimate of drug-likeness (QED) is 0.508. The molecule has 0 spiro atoms. The predicted molar refractivity (Wildman–Crippen MR) is 106 cm³/mol. The van der Waals surface area contributed by atoms with Gasteiger partial charge in [-0.2, -0.15) is 0 Å². The van der Waals surface area contributed by atoms with Crippen LogP contribution in [0.3, 0.4) is 0 Å². The third kappa shape index (κ3) is 3.34. The molecular formula is C20H21N3O4S. The number of aromatic nitrogens is 2. The minimum absolute atomic E-state index is 0.214. The maximum Gasteiger partial charge on any atom is 0.273 e. The zero-order valence-electron chi connectivity index (χ0n) is 15.4. The van der Waals surface area contributed by atoms with Crippen molar-refractivity contribution in [2.45, 2.75) is 31.6 Å². The number of amides is 1. The fourth-order valence-electron chi connectivity index (χ4n) is 3.66. The van der Waals surface area contributed by atoms with Crippen LogP contribution in [-0.4, -0.2) is 57.7 Å². The van der Waals surface area contributed by atoms with Crippen molar-refractivity contribution in [2.24, 2.45) is 0 Å². The van der Waals surface area contributed by atoms with Gasteiger partial charge < -0.3 is 19.7 Å². The number of aliphatic hydroxyl groups is 1. The monoisotopic (exact) mass is 399 g/mol. The molecule has 1 aliphatic rings. The number of carbonyl (C=O) groups is 2. The molecule has 3 aromatic rings. The molecule has 0 aliphatic carbocycles. The fraction of sp³-hybridized carbons (Fsp3) is 0.350. The van der Waals surface area contributed by atoms with Crippen LogP contribution in [0.25, 0.3) is 10.9 Å². The van der Waals surface area contributed by atoms with Crippen LogP contribution in [0, 0.1) is 0 Å². The lowest BCUT2D eigenvalue weighted by Crippen LogP contribution is -2.50. The van der Waals surface area contributed by atoms with E-state index >= 15 is 0 Å². The van der Waals surface area contributed by atoms with Gasteiger partial charge in [0, 0.05) is 36.1 Å². The Kier molecular flexibility index (Phi) is 5.25. The fourth-order valence-corrected chi connectivity index (χ4v) is 4.41. The number of ketones is 1. The summed E-state index contributed by atoms with van der Waals surface area (Å²) in [4.78, 5) is 34.8. The molecule has 0 radical (unpaired) electrons. The molecule has 1 aromatic carbocycles. The molecule has 8 heteroatoms. The summed E-state index contributed by atoms with van der Waals surface area (Å²) in [6.45, 7) is 0.535. The van der Waals surface area contributed by atoms with Crippen LogP contribution in [0.4, 0.5) is 0 Å². The number of rotatable bonds is 5. The lowest BCUT2D eigenvalue weighted by Gasteiger charge is -2.37. The van der Waals surface area contributed by atoms with Crippen molar-refractivity contribution in [2.75, 3.05) is 13.7 Å². The van der Waals surface area contributed by atoms with Crippen LogP contribution in [0.2, 0.25) is 0 Å². The molecule has 2 atom stereocenters. The minimum atomic E-state index is -1.03. The van der Waals surface area contributed by atoms with E-state index in [2.05, 4.69) is 9.97 Å². The number of para-hydroxylation sites is 1. The van der Waals surface area contributed by atoms with E-state index in [-0.39, 0.29) is 22.4 Å². The van der Waals surface area contributed by atoms with Crippen LogP contribution in [0.5, 0.6) is 0 Å². The van der Waals surface area contributed by atoms with E-state index < -0.39 is 12.3 Å². The minimum Gasteiger partial charge on any atom is -0.366 e. The number of H-pyrrole nitrogens is 1. The highest BCUT2D eigenvalue weighted by Gasteiger charge is 2.34. The number of likely N-dealkylation sites (tertiary alicyclic amines) is 1. The van der Waals surface area contributed by atoms with Crippen LogP contribution in [-0.2, 0) is 4.74 Å². The molecule has 0 saturated carbocycles. The van der Waals surface area contributed by atoms with Gasteiger partial charge in [-0.3, -0.25) is 9.59 Å². The molecule has 2 N–H and O–H groups in total. The molecular weight excluding hydrogens is 378 g/mol. The first kappa shape index (κ1) is 18.8. The summed E-state index contributed by atoms with van der Waals surface area (Å²) in [7, 11) is 1.42. The Hall–Kier alpha value is -2.55. The molecule has 2 unspecified atom stereocenters. The summed E-state index contributed by atoms with van der Waals surface area (Å²) in [5.41, 5.74) is 1.64. The van der Waals surface area contributed by atoms with Crippen molar-refractivity contribution in [3.05, 3.63) is 52.1 Å². The van der Waals surface area contributed by atoms with Gasteiger partial charge in [-0.15, -0.1) is 11.3 Å². The number of hydrogen-bond acceptors (Lipinski definition) is 6. The Balaban J connectivity index is 1.58. The normalized spacial score (nSPS) is 18.4. The molecule has 1 aliphatic heterocycles. The van der Waals surface area contributed by atoms with Gasteiger partial charge in [0.1, 0.15) is 5.69 Å². The van der Waals surface area contributed by atoms with Crippen LogP contribution in [0.1, 0.15) is 45.1 Å². The molecule has 0 bridgehead atoms. The van der Waals surface area contributed by atoms with Gasteiger partial charge in [-0.1, -0.05) is 18.2 Å². The van der Waals surface area contributed by atoms with E-state index in [0.717, 1.165) is 35.1 Å². The summed E-state index contributed by atoms with van der Waals surface area (Å²) in [6, 6.07) is 7.16. The first-order chi connectivity index (χ1) is 13.6. The SMILES string of the molecule is COC(O)C1CCCCN1C(=O)c1csc(C(=O)c2c[nH]c3ccccc23)n1. The van der Waals surface area contributed by atoms with Gasteiger partial charge >= 0.3 is 0 Å². The van der Waals surface area contributed by atoms with Gasteiger partial charge in [-0.05, 0) is 25.3 Å². The molecule has 4 rings (SSSR count). The van der Waals surface area contributed by atoms with Gasteiger partial charge in [0.15, 0.2) is 11.3 Å². The molecule has 7 nitrogen and oxygen atoms in total. The molecule has 3 heterocycles. The Morgan fingerprint density at radius 1 is 1.36 bits per heavy atom. The van der Waals surface area contributed by atoms with E-state index in [4.69, 9.17) is 4.74 Å². The van der Waals surface area contributed by atoms with Crippen LogP contribution < -0.4 is 0 Å². The predicted octanol–water partition coefficient (Wildman–Crippen LogP) is 2.81. The topological polar surface area (TPSA) is 95.5 Å². The number of aromatic amines is 1. The van der Waals surface area contributed by atoms with Gasteiger partial charge in [-0.25, -0.2) is 4.98 Å². The number of benzene rings is 1. The second-order valence-corrected chi connectivity index (χ2v) is 7.66. The lowest BCUT2D eigenvalue weighted by molar-refractivity contribution is -0.125. The zero-order valence-corrected chi connectivity index (χ0v) is 16.2. The number of ether oxygens (including phenoxy) is 1. The second-order valence-electron chi connectivity index (χ2n) is 6.80. The molecule has 1 fully saturated rings. The van der Waals surface area contributed by atoms with Crippen molar-refractivity contribution >= 4 is 33.9 Å². The largest absolute Gasteiger partial charge is 0.366 e. The van der Waals surface area contributed by atoms with E-state index in [0.29, 0.717) is 18.5 Å². The molecule has 1 amide bonds. The number of carbonyl (C=O) groups excluding carboxylic acids is 2. The highest BCUT2D eigenvalue weighted by molar-refractivity contribution is 7.12. The summed E-state index contributed by atoms with van der Waals surface area (Å²) in [6.07, 6.45) is 3.10. The standard InChI is InChI=1S/C20H21N3O4S/c1-27-20(26)16-8-4-5-9-23(16)19(25)15-11-28-18(22-15)17(24)13-10-21-14-7-3-2-6-12(13)14/h2-3,6-7,10-11,16,20-21,26H,4-5,8-9H2,1H3. The summed E-state index contributed by atoms with van der Waals surface area (Å²) in [5.74, 6) is -0.497. The molecule has 146 valence electrons. The van der Waals surface area contributed by atoms with E-state index in [1.54, 1.807) is 16.5 Å². The Morgan fingerprint density at radius 3 is 3.00 bits per heavy atom. The Labute approximate surface area is 166 Å². The van der Waals surface area contributed by atoms with Gasteiger partial charge in [0.2, 0.25) is 5.78 Å². The lowest BCUT2D eigenvalue weighted by atomic mass is 10.0. The molecule has 1 saturated heterocycles. The maximum atomic E-state index is 13.0. The number of nitrogens with zero attached hydrogens (tertiary/aromatic N) is 2. The number of fused-ring (bicyclic) bond motifs is 1. The number of hydrogen-bond donors (Lipinski definition) is 2. The van der Waals surface area contributed by atoms with Crippen molar-refractivity contribution in [3.8, 4) is 0 Å². The molecule has 28 heavy (non-hydrogen) atoms. The maximum absolute atomic E-state index is 13.0. The zero-order chi connectivity index (χ0) is 19.7. The number of aliphatic hydroxyl groups excluding tert-OH is 1. The average molecular weight is 399 g/mol. The third-order valence-electron chi connectivity index (χ3n) is 5.13. The second kappa shape index (κ2) is 7.83. The number of nitrogens with one attached hydrogen (secondary N) is 1. The Morgan fingerprint density at radius 2 is 2.18 bits per heavy atom. The molecule has 2 aromatic heterocycles. The smallest absolute Gasteiger partial charge is 0.273 e. The Bertz CT molecular complexity index is 1010. The van der Waals surface area contributed by atoms with Crippen LogP contribution in [0.15, 0.2) is 35.8 Å². The van der Waals surface area contributed by atoms with Crippen molar-refractivity contribution < 1.29 is 19.4 Å². The summed E-state index contributed by atoms with van der Waals surface area (Å²) < 4.78 is 5.03.